The van der Waals surface area contributed by atoms with Gasteiger partial charge in [0, 0.05) is 23.4 Å². The van der Waals surface area contributed by atoms with Crippen molar-refractivity contribution in [3.05, 3.63) is 71.7 Å². The third-order valence-corrected chi connectivity index (χ3v) is 4.52. The highest BCUT2D eigenvalue weighted by Gasteiger charge is 2.31. The van der Waals surface area contributed by atoms with Gasteiger partial charge in [0.05, 0.1) is 0 Å². The second kappa shape index (κ2) is 8.02. The fourth-order valence-corrected chi connectivity index (χ4v) is 3.22. The minimum absolute atomic E-state index is 0.212. The van der Waals surface area contributed by atoms with Crippen LogP contribution in [0.25, 0.3) is 5.57 Å². The first-order valence-corrected chi connectivity index (χ1v) is 9.10. The molecule has 2 aromatic carbocycles. The van der Waals surface area contributed by atoms with Gasteiger partial charge in [-0.2, -0.15) is 0 Å². The first-order chi connectivity index (χ1) is 14.4. The van der Waals surface area contributed by atoms with Crippen molar-refractivity contribution in [2.75, 3.05) is 17.4 Å². The number of urea groups is 1. The van der Waals surface area contributed by atoms with E-state index in [-0.39, 0.29) is 12.5 Å². The Hall–Kier alpha value is -3.62. The quantitative estimate of drug-likeness (QED) is 0.676. The van der Waals surface area contributed by atoms with Gasteiger partial charge in [0.15, 0.2) is 5.76 Å². The number of carbonyl (C=O) groups excluding carboxylic acids is 1. The van der Waals surface area contributed by atoms with Crippen molar-refractivity contribution in [2.45, 2.75) is 19.2 Å². The number of ether oxygens (including phenoxy) is 3. The molecule has 0 unspecified atom stereocenters. The number of amides is 2. The third-order valence-electron chi connectivity index (χ3n) is 4.52. The molecule has 1 heterocycles. The molecule has 0 bridgehead atoms. The Morgan fingerprint density at radius 3 is 2.50 bits per heavy atom. The summed E-state index contributed by atoms with van der Waals surface area (Å²) in [5, 5.41) is 5.37. The van der Waals surface area contributed by atoms with E-state index < -0.39 is 12.4 Å². The molecule has 6 nitrogen and oxygen atoms in total. The van der Waals surface area contributed by atoms with Gasteiger partial charge in [-0.3, -0.25) is 0 Å². The largest absolute Gasteiger partial charge is 0.573 e. The molecule has 0 saturated heterocycles. The molecular formula is C21H17F3N2O4. The number of hydrogen-bond acceptors (Lipinski definition) is 4. The van der Waals surface area contributed by atoms with Crippen molar-refractivity contribution in [1.29, 1.82) is 0 Å². The van der Waals surface area contributed by atoms with E-state index >= 15 is 0 Å². The topological polar surface area (TPSA) is 68.8 Å². The van der Waals surface area contributed by atoms with E-state index in [1.807, 2.05) is 18.2 Å². The van der Waals surface area contributed by atoms with Gasteiger partial charge in [-0.15, -0.1) is 13.2 Å². The summed E-state index contributed by atoms with van der Waals surface area (Å²) in [5.74, 6) is 1.17. The van der Waals surface area contributed by atoms with Crippen LogP contribution in [0.3, 0.4) is 0 Å². The van der Waals surface area contributed by atoms with Crippen LogP contribution < -0.4 is 15.4 Å². The van der Waals surface area contributed by atoms with Crippen molar-refractivity contribution >= 4 is 23.0 Å². The Balaban J connectivity index is 1.44. The normalized spacial score (nSPS) is 15.5. The molecule has 1 aliphatic heterocycles. The number of carbonyl (C=O) groups is 1. The molecule has 0 radical (unpaired) electrons. The summed E-state index contributed by atoms with van der Waals surface area (Å²) >= 11 is 0. The summed E-state index contributed by atoms with van der Waals surface area (Å²) in [4.78, 5) is 12.4. The lowest BCUT2D eigenvalue weighted by molar-refractivity contribution is -0.274. The fourth-order valence-electron chi connectivity index (χ4n) is 3.22. The molecule has 9 heteroatoms. The van der Waals surface area contributed by atoms with E-state index in [0.29, 0.717) is 23.6 Å². The number of anilines is 2. The highest BCUT2D eigenvalue weighted by Crippen LogP contribution is 2.36. The molecule has 0 saturated carbocycles. The zero-order valence-corrected chi connectivity index (χ0v) is 15.6. The fraction of sp³-hybridized carbons (Fsp3) is 0.190. The lowest BCUT2D eigenvalue weighted by Crippen LogP contribution is -2.20. The number of alkyl halides is 3. The van der Waals surface area contributed by atoms with Crippen LogP contribution in [0.15, 0.2) is 66.1 Å². The number of para-hydroxylation sites is 1. The molecule has 156 valence electrons. The number of allylic oxidation sites excluding steroid dienone is 3. The van der Waals surface area contributed by atoms with Crippen molar-refractivity contribution in [2.24, 2.45) is 0 Å². The Morgan fingerprint density at radius 2 is 1.73 bits per heavy atom. The van der Waals surface area contributed by atoms with E-state index in [1.54, 1.807) is 12.1 Å². The van der Waals surface area contributed by atoms with Gasteiger partial charge >= 0.3 is 12.4 Å². The standard InChI is InChI=1S/C21H17F3N2O4/c22-21(23,24)30-15-8-6-14(7-9-15)25-20(27)26-17-4-2-1-3-16(17)13-5-10-18-19(11-13)29-12-28-18/h1-4,6-9,11H,5,10,12H2,(H2,25,26,27). The summed E-state index contributed by atoms with van der Waals surface area (Å²) in [5.41, 5.74) is 2.77. The van der Waals surface area contributed by atoms with Crippen molar-refractivity contribution < 1.29 is 32.2 Å². The maximum Gasteiger partial charge on any atom is 0.573 e. The predicted octanol–water partition coefficient (Wildman–Crippen LogP) is 5.62. The number of rotatable bonds is 4. The highest BCUT2D eigenvalue weighted by molar-refractivity contribution is 6.01. The maximum atomic E-state index is 12.4. The minimum atomic E-state index is -4.77. The molecule has 0 fully saturated rings. The number of benzene rings is 2. The van der Waals surface area contributed by atoms with E-state index in [4.69, 9.17) is 9.47 Å². The van der Waals surface area contributed by atoms with Gasteiger partial charge in [0.1, 0.15) is 11.5 Å². The first kappa shape index (κ1) is 19.7. The highest BCUT2D eigenvalue weighted by atomic mass is 19.4. The van der Waals surface area contributed by atoms with Crippen molar-refractivity contribution in [1.82, 2.24) is 0 Å². The van der Waals surface area contributed by atoms with Crippen LogP contribution in [0.1, 0.15) is 18.4 Å². The van der Waals surface area contributed by atoms with Crippen molar-refractivity contribution in [3.63, 3.8) is 0 Å². The summed E-state index contributed by atoms with van der Waals surface area (Å²) in [6.45, 7) is 0.212. The van der Waals surface area contributed by atoms with Gasteiger partial charge in [-0.05, 0) is 48.4 Å². The van der Waals surface area contributed by atoms with E-state index in [1.165, 1.54) is 12.1 Å². The Bertz CT molecular complexity index is 1010. The predicted molar refractivity (Wildman–Crippen MR) is 103 cm³/mol. The van der Waals surface area contributed by atoms with Crippen molar-refractivity contribution in [3.8, 4) is 5.75 Å². The van der Waals surface area contributed by atoms with Gasteiger partial charge in [0.2, 0.25) is 6.79 Å². The average molecular weight is 418 g/mol. The van der Waals surface area contributed by atoms with Gasteiger partial charge in [-0.1, -0.05) is 18.2 Å². The smallest absolute Gasteiger partial charge is 0.458 e. The monoisotopic (exact) mass is 418 g/mol. The van der Waals surface area contributed by atoms with Crippen LogP contribution in [0.4, 0.5) is 29.3 Å². The van der Waals surface area contributed by atoms with Crippen LogP contribution in [0.5, 0.6) is 5.75 Å². The molecule has 2 N–H and O–H groups in total. The van der Waals surface area contributed by atoms with Crippen LogP contribution in [0.2, 0.25) is 0 Å². The van der Waals surface area contributed by atoms with Gasteiger partial charge < -0.3 is 24.8 Å². The van der Waals surface area contributed by atoms with Gasteiger partial charge in [-0.25, -0.2) is 4.79 Å². The van der Waals surface area contributed by atoms with Crippen LogP contribution in [-0.4, -0.2) is 19.2 Å². The zero-order valence-electron chi connectivity index (χ0n) is 15.6. The number of hydrogen-bond donors (Lipinski definition) is 2. The summed E-state index contributed by atoms with van der Waals surface area (Å²) in [6.07, 6.45) is -1.41. The average Bonchev–Trinajstić information content (AvgIpc) is 3.16. The Kier molecular flexibility index (Phi) is 5.26. The summed E-state index contributed by atoms with van der Waals surface area (Å²) in [7, 11) is 0. The van der Waals surface area contributed by atoms with Crippen LogP contribution in [0, 0.1) is 0 Å². The SMILES string of the molecule is O=C(Nc1ccc(OC(F)(F)F)cc1)Nc1ccccc1C1=CC2=C(CC1)OCO2. The number of halogens is 3. The molecule has 2 aromatic rings. The lowest BCUT2D eigenvalue weighted by atomic mass is 9.94. The lowest BCUT2D eigenvalue weighted by Gasteiger charge is -2.17. The van der Waals surface area contributed by atoms with E-state index in [9.17, 15) is 18.0 Å². The number of nitrogens with one attached hydrogen (secondary N) is 2. The molecule has 30 heavy (non-hydrogen) atoms. The van der Waals surface area contributed by atoms with Gasteiger partial charge in [0.25, 0.3) is 0 Å². The maximum absolute atomic E-state index is 12.4. The molecule has 1 aliphatic carbocycles. The molecule has 0 spiro atoms. The molecular weight excluding hydrogens is 401 g/mol. The third kappa shape index (κ3) is 4.68. The summed E-state index contributed by atoms with van der Waals surface area (Å²) < 4.78 is 51.4. The molecule has 4 rings (SSSR count). The molecule has 2 aliphatic rings. The van der Waals surface area contributed by atoms with Crippen LogP contribution in [-0.2, 0) is 9.47 Å². The first-order valence-electron chi connectivity index (χ1n) is 9.10. The molecule has 0 atom stereocenters. The zero-order chi connectivity index (χ0) is 21.1. The Labute approximate surface area is 169 Å². The second-order valence-electron chi connectivity index (χ2n) is 6.56. The summed E-state index contributed by atoms with van der Waals surface area (Å²) in [6, 6.07) is 11.7. The minimum Gasteiger partial charge on any atom is -0.458 e. The Morgan fingerprint density at radius 1 is 0.967 bits per heavy atom. The second-order valence-corrected chi connectivity index (χ2v) is 6.56. The van der Waals surface area contributed by atoms with Crippen LogP contribution >= 0.6 is 0 Å². The van der Waals surface area contributed by atoms with E-state index in [2.05, 4.69) is 15.4 Å². The molecule has 0 aromatic heterocycles. The molecule has 2 amide bonds. The van der Waals surface area contributed by atoms with E-state index in [0.717, 1.165) is 35.4 Å².